The molecule has 4 atom stereocenters. The summed E-state index contributed by atoms with van der Waals surface area (Å²) in [4.78, 5) is 2.34. The summed E-state index contributed by atoms with van der Waals surface area (Å²) in [5.74, 6) is 0.344. The minimum absolute atomic E-state index is 0.344. The van der Waals surface area contributed by atoms with Gasteiger partial charge in [-0.3, -0.25) is 0 Å². The maximum absolute atomic E-state index is 9.85. The van der Waals surface area contributed by atoms with Gasteiger partial charge in [0.15, 0.2) is 6.29 Å². The number of hydrogen-bond donors (Lipinski definition) is 1. The number of ether oxygens (including phenoxy) is 1. The molecular formula is C15H27NO2. The van der Waals surface area contributed by atoms with Crippen molar-refractivity contribution in [3.05, 3.63) is 24.8 Å². The predicted octanol–water partition coefficient (Wildman–Crippen LogP) is 2.57. The van der Waals surface area contributed by atoms with Gasteiger partial charge in [0.2, 0.25) is 0 Å². The topological polar surface area (TPSA) is 32.7 Å². The van der Waals surface area contributed by atoms with Crippen LogP contribution in [0.25, 0.3) is 0 Å². The fraction of sp³-hybridized carbons (Fsp3) is 0.733. The molecule has 0 aromatic heterocycles. The largest absolute Gasteiger partial charge is 0.368 e. The molecule has 0 saturated carbocycles. The van der Waals surface area contributed by atoms with Crippen molar-refractivity contribution in [2.24, 2.45) is 5.92 Å². The second-order valence-corrected chi connectivity index (χ2v) is 5.42. The molecule has 1 N–H and O–H groups in total. The Hall–Kier alpha value is -0.640. The van der Waals surface area contributed by atoms with E-state index in [0.29, 0.717) is 18.4 Å². The molecule has 1 rings (SSSR count). The number of rotatable bonds is 5. The van der Waals surface area contributed by atoms with Crippen LogP contribution in [0.4, 0.5) is 0 Å². The van der Waals surface area contributed by atoms with Crippen LogP contribution in [0.1, 0.15) is 33.6 Å². The number of nitrogens with zero attached hydrogens (tertiary/aromatic N) is 1. The Balaban J connectivity index is 2.95. The zero-order valence-electron chi connectivity index (χ0n) is 12.1. The van der Waals surface area contributed by atoms with Crippen LogP contribution < -0.4 is 0 Å². The van der Waals surface area contributed by atoms with Crippen LogP contribution in [0.2, 0.25) is 0 Å². The lowest BCUT2D eigenvalue weighted by Crippen LogP contribution is -2.55. The number of aliphatic hydroxyl groups is 1. The Morgan fingerprint density at radius 1 is 1.56 bits per heavy atom. The Morgan fingerprint density at radius 3 is 2.78 bits per heavy atom. The van der Waals surface area contributed by atoms with Crippen molar-refractivity contribution in [1.29, 1.82) is 0 Å². The van der Waals surface area contributed by atoms with Crippen molar-refractivity contribution in [3.63, 3.8) is 0 Å². The summed E-state index contributed by atoms with van der Waals surface area (Å²) in [7, 11) is 2.14. The van der Waals surface area contributed by atoms with Crippen molar-refractivity contribution in [3.8, 4) is 0 Å². The van der Waals surface area contributed by atoms with Crippen molar-refractivity contribution in [2.45, 2.75) is 51.5 Å². The van der Waals surface area contributed by atoms with E-state index in [0.717, 1.165) is 13.0 Å². The smallest absolute Gasteiger partial charge is 0.155 e. The highest BCUT2D eigenvalue weighted by molar-refractivity contribution is 5.13. The quantitative estimate of drug-likeness (QED) is 0.604. The van der Waals surface area contributed by atoms with Crippen LogP contribution in [-0.4, -0.2) is 41.5 Å². The summed E-state index contributed by atoms with van der Waals surface area (Å²) in [6, 6.07) is 0.444. The average Bonchev–Trinajstić information content (AvgIpc) is 2.33. The number of likely N-dealkylation sites (tertiary alicyclic amines) is 1. The van der Waals surface area contributed by atoms with Crippen LogP contribution in [0.3, 0.4) is 0 Å². The lowest BCUT2D eigenvalue weighted by atomic mass is 9.78. The first kappa shape index (κ1) is 15.4. The van der Waals surface area contributed by atoms with E-state index in [1.165, 1.54) is 0 Å². The highest BCUT2D eigenvalue weighted by Crippen LogP contribution is 2.36. The lowest BCUT2D eigenvalue weighted by Gasteiger charge is -2.47. The van der Waals surface area contributed by atoms with Gasteiger partial charge in [0.05, 0.1) is 5.60 Å². The second kappa shape index (κ2) is 6.50. The molecule has 18 heavy (non-hydrogen) atoms. The monoisotopic (exact) mass is 253 g/mol. The van der Waals surface area contributed by atoms with Crippen LogP contribution in [-0.2, 0) is 4.74 Å². The van der Waals surface area contributed by atoms with Crippen molar-refractivity contribution >= 4 is 0 Å². The zero-order valence-corrected chi connectivity index (χ0v) is 12.1. The first-order chi connectivity index (χ1) is 8.45. The third-order valence-corrected chi connectivity index (χ3v) is 3.98. The molecule has 1 aliphatic rings. The summed E-state index contributed by atoms with van der Waals surface area (Å²) >= 11 is 0. The summed E-state index contributed by atoms with van der Waals surface area (Å²) in [5, 5.41) is 9.85. The molecule has 4 unspecified atom stereocenters. The summed E-state index contributed by atoms with van der Waals surface area (Å²) < 4.78 is 5.96. The fourth-order valence-corrected chi connectivity index (χ4v) is 2.59. The molecule has 0 aromatic rings. The van der Waals surface area contributed by atoms with Gasteiger partial charge < -0.3 is 14.7 Å². The molecule has 0 aliphatic carbocycles. The Morgan fingerprint density at radius 2 is 2.22 bits per heavy atom. The van der Waals surface area contributed by atoms with E-state index in [9.17, 15) is 5.11 Å². The molecule has 0 aromatic carbocycles. The molecule has 0 bridgehead atoms. The first-order valence-electron chi connectivity index (χ1n) is 6.81. The maximum atomic E-state index is 9.85. The van der Waals surface area contributed by atoms with Crippen molar-refractivity contribution in [2.75, 3.05) is 13.6 Å². The number of allylic oxidation sites excluding steroid dienone is 2. The maximum Gasteiger partial charge on any atom is 0.155 e. The Labute approximate surface area is 111 Å². The van der Waals surface area contributed by atoms with Gasteiger partial charge in [0, 0.05) is 18.5 Å². The molecule has 1 heterocycles. The van der Waals surface area contributed by atoms with E-state index in [4.69, 9.17) is 4.74 Å². The number of aliphatic hydroxyl groups excluding tert-OH is 1. The van der Waals surface area contributed by atoms with Crippen molar-refractivity contribution in [1.82, 2.24) is 4.90 Å². The van der Waals surface area contributed by atoms with Gasteiger partial charge in [0.1, 0.15) is 0 Å². The van der Waals surface area contributed by atoms with Gasteiger partial charge in [-0.2, -0.15) is 0 Å². The molecule has 0 amide bonds. The van der Waals surface area contributed by atoms with E-state index in [1.54, 1.807) is 6.08 Å². The summed E-state index contributed by atoms with van der Waals surface area (Å²) in [6.07, 6.45) is 6.56. The zero-order chi connectivity index (χ0) is 13.8. The van der Waals surface area contributed by atoms with Crippen LogP contribution >= 0.6 is 0 Å². The highest BCUT2D eigenvalue weighted by Gasteiger charge is 2.42. The molecule has 0 radical (unpaired) electrons. The van der Waals surface area contributed by atoms with Gasteiger partial charge >= 0.3 is 0 Å². The van der Waals surface area contributed by atoms with Gasteiger partial charge in [-0.25, -0.2) is 0 Å². The Bertz CT molecular complexity index is 299. The molecular weight excluding hydrogens is 226 g/mol. The fourth-order valence-electron chi connectivity index (χ4n) is 2.59. The minimum atomic E-state index is -0.697. The summed E-state index contributed by atoms with van der Waals surface area (Å²) in [5.41, 5.74) is -0.379. The van der Waals surface area contributed by atoms with Gasteiger partial charge in [-0.15, -0.1) is 0 Å². The van der Waals surface area contributed by atoms with Gasteiger partial charge in [-0.05, 0) is 26.8 Å². The van der Waals surface area contributed by atoms with Crippen molar-refractivity contribution < 1.29 is 9.84 Å². The van der Waals surface area contributed by atoms with E-state index in [1.807, 2.05) is 13.0 Å². The molecule has 1 aliphatic heterocycles. The lowest BCUT2D eigenvalue weighted by molar-refractivity contribution is -0.203. The normalized spacial score (nSPS) is 35.8. The highest BCUT2D eigenvalue weighted by atomic mass is 16.6. The van der Waals surface area contributed by atoms with E-state index >= 15 is 0 Å². The van der Waals surface area contributed by atoms with E-state index < -0.39 is 6.29 Å². The minimum Gasteiger partial charge on any atom is -0.368 e. The third-order valence-electron chi connectivity index (χ3n) is 3.98. The molecule has 1 fully saturated rings. The van der Waals surface area contributed by atoms with Crippen LogP contribution in [0, 0.1) is 5.92 Å². The molecule has 1 saturated heterocycles. The van der Waals surface area contributed by atoms with E-state index in [-0.39, 0.29) is 5.60 Å². The number of hydrogen-bond acceptors (Lipinski definition) is 3. The molecule has 3 nitrogen and oxygen atoms in total. The van der Waals surface area contributed by atoms with E-state index in [2.05, 4.69) is 38.5 Å². The second-order valence-electron chi connectivity index (χ2n) is 5.42. The standard InChI is InChI=1S/C15H27NO2/c1-6-8-9-15(18-14(17)7-2)10-13(4)16(5)11-12(15)3/h6,8-9,12-14,17H,1,7,10-11H2,2-5H3/b9-8+. The van der Waals surface area contributed by atoms with Crippen LogP contribution in [0.15, 0.2) is 24.8 Å². The third kappa shape index (κ3) is 3.44. The first-order valence-corrected chi connectivity index (χ1v) is 6.81. The number of piperidine rings is 1. The van der Waals surface area contributed by atoms with Crippen LogP contribution in [0.5, 0.6) is 0 Å². The van der Waals surface area contributed by atoms with Gasteiger partial charge in [0.25, 0.3) is 0 Å². The molecule has 0 spiro atoms. The molecule has 104 valence electrons. The molecule has 3 heteroatoms. The SMILES string of the molecule is C=C/C=C/C1(OC(O)CC)CC(C)N(C)CC1C. The Kier molecular flexibility index (Phi) is 5.57. The summed E-state index contributed by atoms with van der Waals surface area (Å²) in [6.45, 7) is 11.0. The predicted molar refractivity (Wildman–Crippen MR) is 75.3 cm³/mol. The van der Waals surface area contributed by atoms with Gasteiger partial charge in [-0.1, -0.05) is 38.7 Å². The average molecular weight is 253 g/mol.